The Kier molecular flexibility index (Phi) is 11.2. The van der Waals surface area contributed by atoms with Gasteiger partial charge in [-0.3, -0.25) is 9.59 Å². The molecule has 6 atom stereocenters. The molecule has 0 aromatic carbocycles. The quantitative estimate of drug-likeness (QED) is 0.174. The third kappa shape index (κ3) is 7.76. The van der Waals surface area contributed by atoms with Crippen LogP contribution in [0.25, 0.3) is 0 Å². The van der Waals surface area contributed by atoms with E-state index in [1.165, 1.54) is 0 Å². The third-order valence-electron chi connectivity index (χ3n) is 3.82. The minimum absolute atomic E-state index is 0.0301. The van der Waals surface area contributed by atoms with Crippen LogP contribution in [0.1, 0.15) is 39.5 Å². The van der Waals surface area contributed by atoms with Gasteiger partial charge in [-0.25, -0.2) is 9.59 Å². The molecule has 0 unspecified atom stereocenters. The molecule has 2 amide bonds. The average Bonchev–Trinajstić information content (AvgIpc) is 2.60. The summed E-state index contributed by atoms with van der Waals surface area (Å²) in [5.41, 5.74) is 10.2. The molecule has 0 aromatic heterocycles. The van der Waals surface area contributed by atoms with E-state index in [4.69, 9.17) is 20.9 Å². The third-order valence-corrected chi connectivity index (χ3v) is 3.82. The van der Waals surface area contributed by atoms with Crippen LogP contribution in [-0.4, -0.2) is 80.8 Å². The lowest BCUT2D eigenvalue weighted by Crippen LogP contribution is -2.57. The van der Waals surface area contributed by atoms with Crippen LogP contribution in [0.5, 0.6) is 0 Å². The van der Waals surface area contributed by atoms with Gasteiger partial charge in [0.2, 0.25) is 11.8 Å². The Bertz CT molecular complexity index is 556. The summed E-state index contributed by atoms with van der Waals surface area (Å²) in [6, 6.07) is 0. The number of aliphatic hydroxyl groups is 2. The highest BCUT2D eigenvalue weighted by atomic mass is 16.6. The highest BCUT2D eigenvalue weighted by Crippen LogP contribution is 2.20. The summed E-state index contributed by atoms with van der Waals surface area (Å²) in [6.45, 7) is 3.30. The molecule has 0 aromatic rings. The Morgan fingerprint density at radius 2 is 1.25 bits per heavy atom. The van der Waals surface area contributed by atoms with Gasteiger partial charge in [0.25, 0.3) is 0 Å². The van der Waals surface area contributed by atoms with Gasteiger partial charge in [0.05, 0.1) is 0 Å². The van der Waals surface area contributed by atoms with E-state index in [1.54, 1.807) is 13.8 Å². The summed E-state index contributed by atoms with van der Waals surface area (Å²) >= 11 is 0. The number of hydrogen-bond acceptors (Lipinski definition) is 8. The Balaban J connectivity index is 5.95. The zero-order chi connectivity index (χ0) is 22.0. The number of amides is 2. The zero-order valence-electron chi connectivity index (χ0n) is 15.7. The first-order valence-corrected chi connectivity index (χ1v) is 8.69. The molecule has 8 N–H and O–H groups in total. The van der Waals surface area contributed by atoms with Gasteiger partial charge in [-0.1, -0.05) is 26.7 Å². The molecule has 0 radical (unpaired) electrons. The Hall–Kier alpha value is -2.28. The van der Waals surface area contributed by atoms with Crippen molar-refractivity contribution in [2.24, 2.45) is 11.5 Å². The smallest absolute Gasteiger partial charge is 0.332 e. The zero-order valence-corrected chi connectivity index (χ0v) is 15.7. The van der Waals surface area contributed by atoms with Crippen molar-refractivity contribution in [1.29, 1.82) is 0 Å². The molecule has 0 bridgehead atoms. The fourth-order valence-electron chi connectivity index (χ4n) is 2.38. The second-order valence-corrected chi connectivity index (χ2v) is 6.13. The van der Waals surface area contributed by atoms with Crippen molar-refractivity contribution < 1.29 is 49.1 Å². The molecule has 0 saturated carbocycles. The van der Waals surface area contributed by atoms with Crippen LogP contribution in [0.2, 0.25) is 0 Å². The lowest BCUT2D eigenvalue weighted by Gasteiger charge is -2.33. The fourth-order valence-corrected chi connectivity index (χ4v) is 2.38. The maximum atomic E-state index is 11.9. The molecule has 12 heteroatoms. The minimum atomic E-state index is -2.25. The molecule has 162 valence electrons. The largest absolute Gasteiger partial charge is 0.479 e. The van der Waals surface area contributed by atoms with Gasteiger partial charge in [-0.2, -0.15) is 0 Å². The van der Waals surface area contributed by atoms with Crippen LogP contribution in [-0.2, 0) is 28.7 Å². The molecule has 0 aliphatic rings. The number of rotatable bonds is 15. The lowest BCUT2D eigenvalue weighted by atomic mass is 10.0. The highest BCUT2D eigenvalue weighted by Gasteiger charge is 2.43. The molecule has 12 nitrogen and oxygen atoms in total. The summed E-state index contributed by atoms with van der Waals surface area (Å²) in [5.74, 6) is -5.54. The molecule has 0 aliphatic carbocycles. The first-order valence-electron chi connectivity index (χ1n) is 8.69. The maximum absolute atomic E-state index is 11.9. The number of ether oxygens (including phenoxy) is 2. The van der Waals surface area contributed by atoms with E-state index in [0.29, 0.717) is 12.8 Å². The van der Waals surface area contributed by atoms with Crippen molar-refractivity contribution in [1.82, 2.24) is 0 Å². The Morgan fingerprint density at radius 1 is 0.821 bits per heavy atom. The van der Waals surface area contributed by atoms with Crippen molar-refractivity contribution in [2.75, 3.05) is 0 Å². The Morgan fingerprint density at radius 3 is 1.57 bits per heavy atom. The van der Waals surface area contributed by atoms with E-state index in [0.717, 1.165) is 0 Å². The molecule has 0 spiro atoms. The van der Waals surface area contributed by atoms with E-state index < -0.39 is 60.4 Å². The van der Waals surface area contributed by atoms with Crippen LogP contribution in [0.4, 0.5) is 0 Å². The number of hydrogen-bond donors (Lipinski definition) is 6. The van der Waals surface area contributed by atoms with Gasteiger partial charge >= 0.3 is 11.9 Å². The van der Waals surface area contributed by atoms with Crippen molar-refractivity contribution in [3.63, 3.8) is 0 Å². The number of aliphatic hydroxyl groups excluding tert-OH is 2. The first-order chi connectivity index (χ1) is 13.0. The normalized spacial score (nSPS) is 17.7. The number of carboxylic acids is 2. The standard InChI is InChI=1S/C16H28N2O10/c1-3-5-7(15(23)24)27-11(9(19)10(20)13(17)21)12(14(18)22)28-8(6-4-2)16(25)26/h7-12,19-20H,3-6H2,1-2H3,(H2,17,21)(H2,18,22)(H,23,24)(H,25,26)/t7-,8-,9+,10-,11-,12+/m0/s1. The molecule has 28 heavy (non-hydrogen) atoms. The second kappa shape index (κ2) is 12.2. The maximum Gasteiger partial charge on any atom is 0.332 e. The minimum Gasteiger partial charge on any atom is -0.479 e. The Labute approximate surface area is 161 Å². The number of primary amides is 2. The van der Waals surface area contributed by atoms with Crippen LogP contribution in [0.15, 0.2) is 0 Å². The molecule has 0 saturated heterocycles. The van der Waals surface area contributed by atoms with Crippen LogP contribution >= 0.6 is 0 Å². The number of aliphatic carboxylic acids is 2. The van der Waals surface area contributed by atoms with Gasteiger partial charge in [0.1, 0.15) is 12.2 Å². The van der Waals surface area contributed by atoms with E-state index in [-0.39, 0.29) is 12.8 Å². The number of carbonyl (C=O) groups is 4. The predicted octanol–water partition coefficient (Wildman–Crippen LogP) is -2.04. The molecule has 0 aliphatic heterocycles. The van der Waals surface area contributed by atoms with Crippen LogP contribution in [0.3, 0.4) is 0 Å². The number of nitrogens with two attached hydrogens (primary N) is 2. The van der Waals surface area contributed by atoms with E-state index in [2.05, 4.69) is 0 Å². The first kappa shape index (κ1) is 25.7. The fraction of sp³-hybridized carbons (Fsp3) is 0.750. The van der Waals surface area contributed by atoms with Crippen molar-refractivity contribution in [3.05, 3.63) is 0 Å². The van der Waals surface area contributed by atoms with Crippen molar-refractivity contribution in [2.45, 2.75) is 76.2 Å². The summed E-state index contributed by atoms with van der Waals surface area (Å²) in [4.78, 5) is 45.8. The molecule has 0 fully saturated rings. The highest BCUT2D eigenvalue weighted by molar-refractivity contribution is 5.82. The van der Waals surface area contributed by atoms with Crippen molar-refractivity contribution in [3.8, 4) is 0 Å². The monoisotopic (exact) mass is 408 g/mol. The van der Waals surface area contributed by atoms with E-state index >= 15 is 0 Å². The van der Waals surface area contributed by atoms with Gasteiger partial charge in [0.15, 0.2) is 24.4 Å². The van der Waals surface area contributed by atoms with Crippen LogP contribution < -0.4 is 11.5 Å². The van der Waals surface area contributed by atoms with Gasteiger partial charge < -0.3 is 41.4 Å². The van der Waals surface area contributed by atoms with E-state index in [9.17, 15) is 39.6 Å². The van der Waals surface area contributed by atoms with Gasteiger partial charge in [-0.05, 0) is 12.8 Å². The molecular weight excluding hydrogens is 380 g/mol. The van der Waals surface area contributed by atoms with E-state index in [1.807, 2.05) is 0 Å². The van der Waals surface area contributed by atoms with Crippen LogP contribution in [0, 0.1) is 0 Å². The number of carbonyl (C=O) groups excluding carboxylic acids is 2. The van der Waals surface area contributed by atoms with Gasteiger partial charge in [0, 0.05) is 0 Å². The summed E-state index contributed by atoms with van der Waals surface area (Å²) in [5, 5.41) is 38.4. The molecule has 0 rings (SSSR count). The topological polar surface area (TPSA) is 220 Å². The van der Waals surface area contributed by atoms with Gasteiger partial charge in [-0.15, -0.1) is 0 Å². The molecule has 0 heterocycles. The lowest BCUT2D eigenvalue weighted by molar-refractivity contribution is -0.199. The average molecular weight is 408 g/mol. The summed E-state index contributed by atoms with van der Waals surface area (Å²) < 4.78 is 10.4. The summed E-state index contributed by atoms with van der Waals surface area (Å²) in [6.07, 6.45) is -10.9. The van der Waals surface area contributed by atoms with Crippen molar-refractivity contribution >= 4 is 23.8 Å². The summed E-state index contributed by atoms with van der Waals surface area (Å²) in [7, 11) is 0. The number of carboxylic acid groups (broad SMARTS) is 2. The molecular formula is C16H28N2O10. The second-order valence-electron chi connectivity index (χ2n) is 6.13. The SMILES string of the molecule is CCC[C@H](O[C@@H]([C@H](O)[C@H](O)C(N)=O)[C@@H](O[C@@H](CCC)C(=O)O)C(N)=O)C(=O)O. The predicted molar refractivity (Wildman–Crippen MR) is 92.8 cm³/mol.